The quantitative estimate of drug-likeness (QED) is 0.512. The molecule has 0 bridgehead atoms. The molecule has 6 nitrogen and oxygen atoms in total. The third-order valence-corrected chi connectivity index (χ3v) is 6.05. The third-order valence-electron chi connectivity index (χ3n) is 6.05. The fourth-order valence-corrected chi connectivity index (χ4v) is 4.68. The van der Waals surface area contributed by atoms with Gasteiger partial charge in [0.2, 0.25) is 0 Å². The van der Waals surface area contributed by atoms with Gasteiger partial charge in [0.1, 0.15) is 11.3 Å². The van der Waals surface area contributed by atoms with Crippen molar-refractivity contribution < 1.29 is 9.50 Å². The van der Waals surface area contributed by atoms with E-state index in [0.29, 0.717) is 34.4 Å². The van der Waals surface area contributed by atoms with E-state index in [9.17, 15) is 5.11 Å². The van der Waals surface area contributed by atoms with Gasteiger partial charge >= 0.3 is 0 Å². The molecule has 2 atom stereocenters. The van der Waals surface area contributed by atoms with Crippen molar-refractivity contribution >= 4 is 27.5 Å². The molecule has 1 saturated heterocycles. The van der Waals surface area contributed by atoms with Gasteiger partial charge in [-0.05, 0) is 45.0 Å². The van der Waals surface area contributed by atoms with E-state index in [0.717, 1.165) is 35.1 Å². The predicted molar refractivity (Wildman–Crippen MR) is 122 cm³/mol. The van der Waals surface area contributed by atoms with Crippen LogP contribution in [-0.2, 0) is 7.05 Å². The monoisotopic (exact) mass is 419 g/mol. The molecular weight excluding hydrogens is 393 g/mol. The van der Waals surface area contributed by atoms with Gasteiger partial charge in [-0.3, -0.25) is 4.68 Å². The lowest BCUT2D eigenvalue weighted by Crippen LogP contribution is -2.54. The van der Waals surface area contributed by atoms with Crippen LogP contribution in [0.5, 0.6) is 5.75 Å². The van der Waals surface area contributed by atoms with E-state index in [1.807, 2.05) is 44.4 Å². The van der Waals surface area contributed by atoms with E-state index in [1.54, 1.807) is 10.7 Å². The minimum atomic E-state index is -0.355. The molecule has 3 heterocycles. The topological polar surface area (TPSA) is 66.2 Å². The van der Waals surface area contributed by atoms with Crippen LogP contribution in [0.2, 0.25) is 0 Å². The van der Waals surface area contributed by atoms with Gasteiger partial charge < -0.3 is 15.3 Å². The molecule has 2 N–H and O–H groups in total. The number of phenolic OH excluding ortho intramolecular Hbond substituents is 1. The maximum Gasteiger partial charge on any atom is 0.151 e. The van der Waals surface area contributed by atoms with Crippen LogP contribution < -0.4 is 10.2 Å². The molecule has 7 heteroatoms. The standard InChI is InChI=1S/C24H26FN5O/c1-13-10-30(11-14(2)26-13)18-7-16-5-6-21(27-23(16)20(25)9-18)19-8-17-12-29(4)28-22(17)15(3)24(19)31/h5-9,12-14,26,31H,10-11H2,1-4H3/t13-,14-/m1/s1. The highest BCUT2D eigenvalue weighted by molar-refractivity contribution is 5.92. The molecule has 1 aliphatic rings. The zero-order chi connectivity index (χ0) is 21.9. The Balaban J connectivity index is 1.59. The Morgan fingerprint density at radius 2 is 1.81 bits per heavy atom. The number of piperazine rings is 1. The van der Waals surface area contributed by atoms with E-state index in [2.05, 4.69) is 34.1 Å². The van der Waals surface area contributed by atoms with Gasteiger partial charge in [-0.15, -0.1) is 0 Å². The summed E-state index contributed by atoms with van der Waals surface area (Å²) in [5.41, 5.74) is 3.73. The van der Waals surface area contributed by atoms with E-state index in [4.69, 9.17) is 0 Å². The maximum atomic E-state index is 15.1. The van der Waals surface area contributed by atoms with Gasteiger partial charge in [-0.25, -0.2) is 9.37 Å². The highest BCUT2D eigenvalue weighted by Crippen LogP contribution is 2.37. The summed E-state index contributed by atoms with van der Waals surface area (Å²) in [5, 5.41) is 20.3. The van der Waals surface area contributed by atoms with E-state index >= 15 is 4.39 Å². The van der Waals surface area contributed by atoms with Crippen LogP contribution in [0.25, 0.3) is 33.1 Å². The summed E-state index contributed by atoms with van der Waals surface area (Å²) < 4.78 is 16.9. The Morgan fingerprint density at radius 1 is 1.06 bits per heavy atom. The lowest BCUT2D eigenvalue weighted by atomic mass is 10.0. The smallest absolute Gasteiger partial charge is 0.151 e. The highest BCUT2D eigenvalue weighted by Gasteiger charge is 2.22. The second-order valence-corrected chi connectivity index (χ2v) is 8.71. The molecule has 0 amide bonds. The van der Waals surface area contributed by atoms with Crippen molar-refractivity contribution in [1.29, 1.82) is 0 Å². The van der Waals surface area contributed by atoms with Crippen LogP contribution in [0.15, 0.2) is 36.5 Å². The fraction of sp³-hybridized carbons (Fsp3) is 0.333. The van der Waals surface area contributed by atoms with Crippen molar-refractivity contribution in [2.24, 2.45) is 7.05 Å². The minimum absolute atomic E-state index is 0.124. The number of phenols is 1. The first-order chi connectivity index (χ1) is 14.8. The van der Waals surface area contributed by atoms with E-state index in [-0.39, 0.29) is 11.6 Å². The van der Waals surface area contributed by atoms with Gasteiger partial charge in [0, 0.05) is 66.0 Å². The molecule has 0 unspecified atom stereocenters. The molecule has 0 radical (unpaired) electrons. The van der Waals surface area contributed by atoms with Gasteiger partial charge in [0.25, 0.3) is 0 Å². The summed E-state index contributed by atoms with van der Waals surface area (Å²) in [5.74, 6) is -0.231. The number of hydrogen-bond donors (Lipinski definition) is 2. The van der Waals surface area contributed by atoms with Crippen molar-refractivity contribution in [2.75, 3.05) is 18.0 Å². The lowest BCUT2D eigenvalue weighted by Gasteiger charge is -2.37. The second-order valence-electron chi connectivity index (χ2n) is 8.71. The Labute approximate surface area is 180 Å². The van der Waals surface area contributed by atoms with Crippen LogP contribution in [0.1, 0.15) is 19.4 Å². The SMILES string of the molecule is Cc1c(O)c(-c2ccc3cc(N4C[C@@H](C)N[C@H](C)C4)cc(F)c3n2)cc2cn(C)nc12. The zero-order valence-corrected chi connectivity index (χ0v) is 18.1. The third kappa shape index (κ3) is 3.39. The Bertz CT molecular complexity index is 1300. The number of anilines is 1. The van der Waals surface area contributed by atoms with Gasteiger partial charge in [0.05, 0.1) is 11.2 Å². The van der Waals surface area contributed by atoms with Crippen molar-refractivity contribution in [1.82, 2.24) is 20.1 Å². The lowest BCUT2D eigenvalue weighted by molar-refractivity contribution is 0.407. The number of pyridine rings is 1. The molecule has 5 rings (SSSR count). The van der Waals surface area contributed by atoms with E-state index < -0.39 is 0 Å². The van der Waals surface area contributed by atoms with Crippen LogP contribution in [0, 0.1) is 12.7 Å². The number of aromatic nitrogens is 3. The molecule has 0 aliphatic carbocycles. The number of nitrogens with zero attached hydrogens (tertiary/aromatic N) is 4. The molecule has 1 aliphatic heterocycles. The summed E-state index contributed by atoms with van der Waals surface area (Å²) >= 11 is 0. The maximum absolute atomic E-state index is 15.1. The summed E-state index contributed by atoms with van der Waals surface area (Å²) in [7, 11) is 1.84. The molecule has 0 saturated carbocycles. The largest absolute Gasteiger partial charge is 0.507 e. The molecule has 4 aromatic rings. The van der Waals surface area contributed by atoms with Crippen LogP contribution in [0.4, 0.5) is 10.1 Å². The van der Waals surface area contributed by atoms with Crippen molar-refractivity contribution in [3.05, 3.63) is 47.9 Å². The molecule has 2 aromatic carbocycles. The summed E-state index contributed by atoms with van der Waals surface area (Å²) in [6, 6.07) is 9.82. The van der Waals surface area contributed by atoms with Crippen molar-refractivity contribution in [2.45, 2.75) is 32.9 Å². The predicted octanol–water partition coefficient (Wildman–Crippen LogP) is 4.13. The van der Waals surface area contributed by atoms with Crippen LogP contribution in [-0.4, -0.2) is 45.0 Å². The molecule has 2 aromatic heterocycles. The average Bonchev–Trinajstić information content (AvgIpc) is 3.10. The molecule has 160 valence electrons. The number of benzene rings is 2. The molecule has 0 spiro atoms. The molecule has 1 fully saturated rings. The molecular formula is C24H26FN5O. The second kappa shape index (κ2) is 7.20. The Hall–Kier alpha value is -3.19. The van der Waals surface area contributed by atoms with Crippen molar-refractivity contribution in [3.63, 3.8) is 0 Å². The van der Waals surface area contributed by atoms with Crippen LogP contribution >= 0.6 is 0 Å². The van der Waals surface area contributed by atoms with E-state index in [1.165, 1.54) is 0 Å². The van der Waals surface area contributed by atoms with Gasteiger partial charge in [-0.2, -0.15) is 5.10 Å². The van der Waals surface area contributed by atoms with Crippen molar-refractivity contribution in [3.8, 4) is 17.0 Å². The first-order valence-corrected chi connectivity index (χ1v) is 10.6. The normalized spacial score (nSPS) is 19.5. The van der Waals surface area contributed by atoms with Crippen LogP contribution in [0.3, 0.4) is 0 Å². The number of hydrogen-bond acceptors (Lipinski definition) is 5. The molecule has 31 heavy (non-hydrogen) atoms. The first-order valence-electron chi connectivity index (χ1n) is 10.6. The number of nitrogens with one attached hydrogen (secondary N) is 1. The fourth-order valence-electron chi connectivity index (χ4n) is 4.68. The number of halogens is 1. The Kier molecular flexibility index (Phi) is 4.59. The average molecular weight is 420 g/mol. The summed E-state index contributed by atoms with van der Waals surface area (Å²) in [6.07, 6.45) is 1.90. The number of aryl methyl sites for hydroxylation is 2. The summed E-state index contributed by atoms with van der Waals surface area (Å²) in [4.78, 5) is 6.80. The Morgan fingerprint density at radius 3 is 2.55 bits per heavy atom. The zero-order valence-electron chi connectivity index (χ0n) is 18.1. The minimum Gasteiger partial charge on any atom is -0.507 e. The number of aromatic hydroxyl groups is 1. The van der Waals surface area contributed by atoms with Gasteiger partial charge in [0.15, 0.2) is 5.82 Å². The number of rotatable bonds is 2. The highest BCUT2D eigenvalue weighted by atomic mass is 19.1. The first kappa shape index (κ1) is 19.8. The van der Waals surface area contributed by atoms with Gasteiger partial charge in [-0.1, -0.05) is 6.07 Å². The summed E-state index contributed by atoms with van der Waals surface area (Å²) in [6.45, 7) is 7.78. The number of fused-ring (bicyclic) bond motifs is 2.